The highest BCUT2D eigenvalue weighted by atomic mass is 16.5. The number of benzene rings is 2. The molecule has 90 valence electrons. The van der Waals surface area contributed by atoms with Gasteiger partial charge in [0.25, 0.3) is 0 Å². The van der Waals surface area contributed by atoms with Gasteiger partial charge in [-0.2, -0.15) is 0 Å². The summed E-state index contributed by atoms with van der Waals surface area (Å²) >= 11 is 0. The van der Waals surface area contributed by atoms with Crippen molar-refractivity contribution in [3.05, 3.63) is 46.6 Å². The van der Waals surface area contributed by atoms with E-state index in [1.165, 1.54) is 12.1 Å². The number of hydrogen-bond acceptors (Lipinski definition) is 4. The van der Waals surface area contributed by atoms with E-state index in [1.807, 2.05) is 0 Å². The van der Waals surface area contributed by atoms with Crippen molar-refractivity contribution in [3.8, 4) is 22.8 Å². The summed E-state index contributed by atoms with van der Waals surface area (Å²) in [6, 6.07) is 9.44. The molecule has 0 saturated carbocycles. The van der Waals surface area contributed by atoms with Crippen LogP contribution in [0.4, 0.5) is 0 Å². The van der Waals surface area contributed by atoms with Gasteiger partial charge in [-0.1, -0.05) is 0 Å². The van der Waals surface area contributed by atoms with Gasteiger partial charge in [-0.05, 0) is 24.3 Å². The summed E-state index contributed by atoms with van der Waals surface area (Å²) in [6.07, 6.45) is 0. The van der Waals surface area contributed by atoms with Crippen molar-refractivity contribution in [2.24, 2.45) is 0 Å². The first-order valence-corrected chi connectivity index (χ1v) is 5.42. The zero-order valence-corrected chi connectivity index (χ0v) is 9.64. The monoisotopic (exact) mass is 242 g/mol. The second-order valence-corrected chi connectivity index (χ2v) is 3.97. The Bertz CT molecular complexity index is 758. The number of fused-ring (bicyclic) bond motifs is 2. The molecule has 1 aliphatic heterocycles. The van der Waals surface area contributed by atoms with E-state index >= 15 is 0 Å². The van der Waals surface area contributed by atoms with Crippen molar-refractivity contribution >= 4 is 11.0 Å². The van der Waals surface area contributed by atoms with Crippen LogP contribution < -0.4 is 10.2 Å². The fourth-order valence-corrected chi connectivity index (χ4v) is 1.96. The number of rotatable bonds is 1. The minimum absolute atomic E-state index is 0.105. The number of aromatic hydroxyl groups is 1. The Morgan fingerprint density at radius 2 is 2.00 bits per heavy atom. The second kappa shape index (κ2) is 3.77. The molecule has 0 spiro atoms. The van der Waals surface area contributed by atoms with E-state index in [1.54, 1.807) is 31.4 Å². The van der Waals surface area contributed by atoms with Gasteiger partial charge >= 0.3 is 0 Å². The van der Waals surface area contributed by atoms with Crippen LogP contribution in [-0.4, -0.2) is 12.2 Å². The van der Waals surface area contributed by atoms with Gasteiger partial charge in [0.1, 0.15) is 22.8 Å². The first-order chi connectivity index (χ1) is 8.69. The van der Waals surface area contributed by atoms with E-state index in [0.29, 0.717) is 28.0 Å². The Morgan fingerprint density at radius 1 is 1.17 bits per heavy atom. The highest BCUT2D eigenvalue weighted by molar-refractivity contribution is 5.91. The molecular formula is C14H10O4. The van der Waals surface area contributed by atoms with Gasteiger partial charge in [0, 0.05) is 12.1 Å². The highest BCUT2D eigenvalue weighted by Gasteiger charge is 2.15. The maximum absolute atomic E-state index is 11.3. The minimum atomic E-state index is -0.159. The van der Waals surface area contributed by atoms with Gasteiger partial charge < -0.3 is 14.3 Å². The van der Waals surface area contributed by atoms with Crippen molar-refractivity contribution in [1.29, 1.82) is 0 Å². The lowest BCUT2D eigenvalue weighted by Crippen LogP contribution is -1.98. The number of ether oxygens (including phenoxy) is 1. The summed E-state index contributed by atoms with van der Waals surface area (Å²) in [7, 11) is 1.55. The quantitative estimate of drug-likeness (QED) is 0.666. The van der Waals surface area contributed by atoms with Crippen LogP contribution in [0.25, 0.3) is 22.3 Å². The predicted octanol–water partition coefficient (Wildman–Crippen LogP) is 2.61. The van der Waals surface area contributed by atoms with Crippen LogP contribution in [0.3, 0.4) is 0 Å². The molecule has 18 heavy (non-hydrogen) atoms. The molecule has 0 aromatic heterocycles. The van der Waals surface area contributed by atoms with Crippen LogP contribution >= 0.6 is 0 Å². The van der Waals surface area contributed by atoms with Crippen molar-refractivity contribution in [2.75, 3.05) is 7.11 Å². The molecule has 3 rings (SSSR count). The molecule has 0 amide bonds. The molecule has 1 aromatic carbocycles. The second-order valence-electron chi connectivity index (χ2n) is 3.97. The topological polar surface area (TPSA) is 59.7 Å². The molecule has 1 heterocycles. The van der Waals surface area contributed by atoms with Crippen molar-refractivity contribution in [2.45, 2.75) is 0 Å². The summed E-state index contributed by atoms with van der Waals surface area (Å²) in [6.45, 7) is 0. The van der Waals surface area contributed by atoms with Gasteiger partial charge in [-0.3, -0.25) is 4.79 Å². The molecule has 1 aliphatic carbocycles. The largest absolute Gasteiger partial charge is 0.506 e. The summed E-state index contributed by atoms with van der Waals surface area (Å²) in [5.74, 6) is 1.10. The Balaban J connectivity index is 2.45. The Kier molecular flexibility index (Phi) is 2.23. The third-order valence-corrected chi connectivity index (χ3v) is 2.87. The molecule has 0 radical (unpaired) electrons. The zero-order chi connectivity index (χ0) is 12.7. The number of methoxy groups -OCH3 is 1. The van der Waals surface area contributed by atoms with E-state index in [4.69, 9.17) is 9.15 Å². The van der Waals surface area contributed by atoms with E-state index in [2.05, 4.69) is 0 Å². The van der Waals surface area contributed by atoms with Crippen molar-refractivity contribution < 1.29 is 14.3 Å². The van der Waals surface area contributed by atoms with Crippen LogP contribution in [0.2, 0.25) is 0 Å². The summed E-state index contributed by atoms with van der Waals surface area (Å²) < 4.78 is 10.7. The molecule has 0 unspecified atom stereocenters. The predicted molar refractivity (Wildman–Crippen MR) is 67.3 cm³/mol. The molecule has 0 fully saturated rings. The van der Waals surface area contributed by atoms with Crippen LogP contribution in [0.5, 0.6) is 11.5 Å². The van der Waals surface area contributed by atoms with Gasteiger partial charge in [-0.15, -0.1) is 0 Å². The average molecular weight is 242 g/mol. The summed E-state index contributed by atoms with van der Waals surface area (Å²) in [4.78, 5) is 11.3. The average Bonchev–Trinajstić information content (AvgIpc) is 2.38. The Labute approximate surface area is 102 Å². The Morgan fingerprint density at radius 3 is 2.78 bits per heavy atom. The van der Waals surface area contributed by atoms with Crippen LogP contribution in [-0.2, 0) is 0 Å². The van der Waals surface area contributed by atoms with Crippen LogP contribution in [0.1, 0.15) is 0 Å². The first kappa shape index (κ1) is 10.7. The molecule has 0 bridgehead atoms. The smallest absolute Gasteiger partial charge is 0.182 e. The highest BCUT2D eigenvalue weighted by Crippen LogP contribution is 2.38. The van der Waals surface area contributed by atoms with Crippen molar-refractivity contribution in [3.63, 3.8) is 0 Å². The normalized spacial score (nSPS) is 10.9. The third-order valence-electron chi connectivity index (χ3n) is 2.87. The van der Waals surface area contributed by atoms with Crippen LogP contribution in [0.15, 0.2) is 45.6 Å². The molecule has 4 heteroatoms. The maximum Gasteiger partial charge on any atom is 0.182 e. The standard InChI is InChI=1S/C14H10O4/c1-17-9-3-5-11-13(7-9)18-12-6-8(15)2-4-10(12)14(11)16/h2-7,16H,1H3. The lowest BCUT2D eigenvalue weighted by atomic mass is 10.1. The van der Waals surface area contributed by atoms with E-state index in [9.17, 15) is 9.90 Å². The molecule has 1 aromatic rings. The maximum atomic E-state index is 11.3. The Hall–Kier alpha value is -2.49. The molecule has 1 N–H and O–H groups in total. The molecule has 0 saturated heterocycles. The summed E-state index contributed by atoms with van der Waals surface area (Å²) in [5.41, 5.74) is 0.838. The number of hydrogen-bond donors (Lipinski definition) is 1. The van der Waals surface area contributed by atoms with E-state index in [0.717, 1.165) is 0 Å². The summed E-state index contributed by atoms with van der Waals surface area (Å²) in [5, 5.41) is 10.7. The lowest BCUT2D eigenvalue weighted by Gasteiger charge is -2.10. The minimum Gasteiger partial charge on any atom is -0.506 e. The van der Waals surface area contributed by atoms with Gasteiger partial charge in [-0.25, -0.2) is 0 Å². The fourth-order valence-electron chi connectivity index (χ4n) is 1.96. The first-order valence-electron chi connectivity index (χ1n) is 5.42. The van der Waals surface area contributed by atoms with Crippen molar-refractivity contribution in [1.82, 2.24) is 0 Å². The molecular weight excluding hydrogens is 232 g/mol. The van der Waals surface area contributed by atoms with Gasteiger partial charge in [0.15, 0.2) is 5.43 Å². The fraction of sp³-hybridized carbons (Fsp3) is 0.0714. The van der Waals surface area contributed by atoms with Gasteiger partial charge in [0.05, 0.1) is 18.1 Å². The van der Waals surface area contributed by atoms with E-state index in [-0.39, 0.29) is 11.2 Å². The lowest BCUT2D eigenvalue weighted by molar-refractivity contribution is 0.414. The zero-order valence-electron chi connectivity index (χ0n) is 9.64. The third kappa shape index (κ3) is 1.50. The van der Waals surface area contributed by atoms with Crippen LogP contribution in [0, 0.1) is 0 Å². The molecule has 2 aliphatic rings. The SMILES string of the molecule is COc1ccc2c(O)c3ccc(=O)cc-3oc2c1. The van der Waals surface area contributed by atoms with Gasteiger partial charge in [0.2, 0.25) is 0 Å². The molecule has 4 nitrogen and oxygen atoms in total. The molecule has 0 atom stereocenters. The van der Waals surface area contributed by atoms with E-state index < -0.39 is 0 Å².